The van der Waals surface area contributed by atoms with E-state index in [-0.39, 0.29) is 17.9 Å². The predicted molar refractivity (Wildman–Crippen MR) is 107 cm³/mol. The number of hydrogen-bond acceptors (Lipinski definition) is 3. The molecular weight excluding hydrogens is 354 g/mol. The van der Waals surface area contributed by atoms with Crippen molar-refractivity contribution in [3.05, 3.63) is 54.6 Å². The zero-order valence-corrected chi connectivity index (χ0v) is 15.8. The van der Waals surface area contributed by atoms with Crippen LogP contribution in [0.3, 0.4) is 0 Å². The Labute approximate surface area is 164 Å². The van der Waals surface area contributed by atoms with Crippen molar-refractivity contribution in [1.82, 2.24) is 10.2 Å². The zero-order chi connectivity index (χ0) is 19.3. The van der Waals surface area contributed by atoms with Crippen LogP contribution >= 0.6 is 0 Å². The Balaban J connectivity index is 1.25. The Kier molecular flexibility index (Phi) is 5.46. The van der Waals surface area contributed by atoms with Gasteiger partial charge in [-0.25, -0.2) is 4.79 Å². The number of benzene rings is 2. The van der Waals surface area contributed by atoms with Crippen LogP contribution in [0.2, 0.25) is 0 Å². The topological polar surface area (TPSA) is 70.7 Å². The maximum absolute atomic E-state index is 12.5. The van der Waals surface area contributed by atoms with Crippen LogP contribution in [0.5, 0.6) is 11.5 Å². The van der Waals surface area contributed by atoms with Gasteiger partial charge in [-0.15, -0.1) is 0 Å². The molecule has 0 spiro atoms. The van der Waals surface area contributed by atoms with E-state index in [4.69, 9.17) is 4.74 Å². The maximum atomic E-state index is 12.5. The maximum Gasteiger partial charge on any atom is 0.317 e. The number of carbonyl (C=O) groups is 2. The van der Waals surface area contributed by atoms with E-state index in [0.29, 0.717) is 32.0 Å². The Morgan fingerprint density at radius 1 is 0.857 bits per heavy atom. The number of urea groups is 1. The van der Waals surface area contributed by atoms with Crippen molar-refractivity contribution in [2.75, 3.05) is 18.4 Å². The smallest absolute Gasteiger partial charge is 0.317 e. The van der Waals surface area contributed by atoms with Gasteiger partial charge in [0.15, 0.2) is 0 Å². The number of ether oxygens (including phenoxy) is 1. The molecule has 2 fully saturated rings. The van der Waals surface area contributed by atoms with Crippen LogP contribution in [0, 0.1) is 5.92 Å². The highest BCUT2D eigenvalue weighted by atomic mass is 16.5. The largest absolute Gasteiger partial charge is 0.457 e. The average Bonchev–Trinajstić information content (AvgIpc) is 3.54. The summed E-state index contributed by atoms with van der Waals surface area (Å²) in [6.07, 6.45) is 3.55. The molecule has 3 amide bonds. The first-order valence-corrected chi connectivity index (χ1v) is 9.86. The number of nitrogens with zero attached hydrogens (tertiary/aromatic N) is 1. The lowest BCUT2D eigenvalue weighted by atomic mass is 9.96. The molecule has 4 rings (SSSR count). The third kappa shape index (κ3) is 4.82. The third-order valence-corrected chi connectivity index (χ3v) is 5.16. The molecule has 2 aromatic carbocycles. The number of likely N-dealkylation sites (tertiary alicyclic amines) is 1. The number of nitrogens with one attached hydrogen (secondary N) is 2. The predicted octanol–water partition coefficient (Wildman–Crippen LogP) is 4.00. The lowest BCUT2D eigenvalue weighted by Crippen LogP contribution is -2.46. The second-order valence-corrected chi connectivity index (χ2v) is 7.41. The van der Waals surface area contributed by atoms with E-state index in [1.165, 1.54) is 0 Å². The highest BCUT2D eigenvalue weighted by Gasteiger charge is 2.30. The van der Waals surface area contributed by atoms with E-state index >= 15 is 0 Å². The number of anilines is 1. The van der Waals surface area contributed by atoms with Crippen molar-refractivity contribution in [2.45, 2.75) is 31.7 Å². The molecule has 6 heteroatoms. The molecule has 0 unspecified atom stereocenters. The first kappa shape index (κ1) is 18.3. The van der Waals surface area contributed by atoms with Crippen molar-refractivity contribution >= 4 is 17.6 Å². The van der Waals surface area contributed by atoms with Gasteiger partial charge >= 0.3 is 6.03 Å². The van der Waals surface area contributed by atoms with E-state index in [1.807, 2.05) is 59.5 Å². The highest BCUT2D eigenvalue weighted by molar-refractivity contribution is 5.92. The quantitative estimate of drug-likeness (QED) is 0.825. The molecule has 0 atom stereocenters. The Bertz CT molecular complexity index is 811. The molecule has 6 nitrogen and oxygen atoms in total. The SMILES string of the molecule is O=C(Nc1ccc(Oc2ccccc2)cc1)C1CCN(C(=O)NC2CC2)CC1. The van der Waals surface area contributed by atoms with Crippen LogP contribution in [-0.2, 0) is 4.79 Å². The summed E-state index contributed by atoms with van der Waals surface area (Å²) in [5.41, 5.74) is 0.749. The molecule has 1 aliphatic carbocycles. The van der Waals surface area contributed by atoms with Gasteiger partial charge in [-0.05, 0) is 62.1 Å². The Morgan fingerprint density at radius 2 is 1.50 bits per heavy atom. The summed E-state index contributed by atoms with van der Waals surface area (Å²) in [4.78, 5) is 26.4. The molecule has 1 heterocycles. The summed E-state index contributed by atoms with van der Waals surface area (Å²) in [5, 5.41) is 5.98. The van der Waals surface area contributed by atoms with Gasteiger partial charge in [0.25, 0.3) is 0 Å². The summed E-state index contributed by atoms with van der Waals surface area (Å²) < 4.78 is 5.76. The van der Waals surface area contributed by atoms with E-state index in [9.17, 15) is 9.59 Å². The molecule has 0 aromatic heterocycles. The average molecular weight is 379 g/mol. The number of hydrogen-bond donors (Lipinski definition) is 2. The minimum atomic E-state index is -0.0646. The summed E-state index contributed by atoms with van der Waals surface area (Å²) >= 11 is 0. The number of amides is 3. The first-order chi connectivity index (χ1) is 13.7. The van der Waals surface area contributed by atoms with Crippen molar-refractivity contribution in [3.63, 3.8) is 0 Å². The van der Waals surface area contributed by atoms with Crippen molar-refractivity contribution in [1.29, 1.82) is 0 Å². The van der Waals surface area contributed by atoms with Crippen LogP contribution in [0.1, 0.15) is 25.7 Å². The van der Waals surface area contributed by atoms with Gasteiger partial charge in [0, 0.05) is 30.7 Å². The summed E-state index contributed by atoms with van der Waals surface area (Å²) in [5.74, 6) is 1.44. The molecule has 1 saturated heterocycles. The molecule has 0 radical (unpaired) electrons. The molecule has 2 aromatic rings. The number of para-hydroxylation sites is 1. The second-order valence-electron chi connectivity index (χ2n) is 7.41. The van der Waals surface area contributed by atoms with Crippen molar-refractivity contribution in [3.8, 4) is 11.5 Å². The lowest BCUT2D eigenvalue weighted by Gasteiger charge is -2.31. The second kappa shape index (κ2) is 8.33. The third-order valence-electron chi connectivity index (χ3n) is 5.16. The highest BCUT2D eigenvalue weighted by Crippen LogP contribution is 2.25. The van der Waals surface area contributed by atoms with E-state index in [2.05, 4.69) is 10.6 Å². The Morgan fingerprint density at radius 3 is 2.14 bits per heavy atom. The number of rotatable bonds is 5. The minimum Gasteiger partial charge on any atom is -0.457 e. The van der Waals surface area contributed by atoms with Gasteiger partial charge in [-0.1, -0.05) is 18.2 Å². The van der Waals surface area contributed by atoms with Gasteiger partial charge in [0.05, 0.1) is 0 Å². The van der Waals surface area contributed by atoms with Crippen LogP contribution < -0.4 is 15.4 Å². The molecule has 28 heavy (non-hydrogen) atoms. The molecule has 146 valence electrons. The number of carbonyl (C=O) groups excluding carboxylic acids is 2. The van der Waals surface area contributed by atoms with Crippen LogP contribution in [-0.4, -0.2) is 36.0 Å². The van der Waals surface area contributed by atoms with Gasteiger partial charge in [-0.2, -0.15) is 0 Å². The fraction of sp³-hybridized carbons (Fsp3) is 0.364. The van der Waals surface area contributed by atoms with E-state index < -0.39 is 0 Å². The van der Waals surface area contributed by atoms with Crippen LogP contribution in [0.15, 0.2) is 54.6 Å². The molecule has 1 aliphatic heterocycles. The van der Waals surface area contributed by atoms with Gasteiger partial charge < -0.3 is 20.3 Å². The van der Waals surface area contributed by atoms with Crippen LogP contribution in [0.25, 0.3) is 0 Å². The van der Waals surface area contributed by atoms with Crippen LogP contribution in [0.4, 0.5) is 10.5 Å². The van der Waals surface area contributed by atoms with Gasteiger partial charge in [0.1, 0.15) is 11.5 Å². The van der Waals surface area contributed by atoms with Crippen molar-refractivity contribution in [2.24, 2.45) is 5.92 Å². The van der Waals surface area contributed by atoms with E-state index in [0.717, 1.165) is 30.0 Å². The molecule has 1 saturated carbocycles. The monoisotopic (exact) mass is 379 g/mol. The molecule has 2 N–H and O–H groups in total. The Hall–Kier alpha value is -3.02. The van der Waals surface area contributed by atoms with Gasteiger partial charge in [-0.3, -0.25) is 4.79 Å². The fourth-order valence-corrected chi connectivity index (χ4v) is 3.31. The summed E-state index contributed by atoms with van der Waals surface area (Å²) in [6.45, 7) is 1.25. The standard InChI is InChI=1S/C22H25N3O3/c26-21(16-12-14-25(15-13-16)22(27)24-18-6-7-18)23-17-8-10-20(11-9-17)28-19-4-2-1-3-5-19/h1-5,8-11,16,18H,6-7,12-15H2,(H,23,26)(H,24,27). The number of piperidine rings is 1. The minimum absolute atomic E-state index is 0.00960. The normalized spacial score (nSPS) is 17.1. The van der Waals surface area contributed by atoms with Gasteiger partial charge in [0.2, 0.25) is 5.91 Å². The first-order valence-electron chi connectivity index (χ1n) is 9.86. The molecular formula is C22H25N3O3. The van der Waals surface area contributed by atoms with Crippen molar-refractivity contribution < 1.29 is 14.3 Å². The molecule has 2 aliphatic rings. The zero-order valence-electron chi connectivity index (χ0n) is 15.8. The molecule has 0 bridgehead atoms. The fourth-order valence-electron chi connectivity index (χ4n) is 3.31. The lowest BCUT2D eigenvalue weighted by molar-refractivity contribution is -0.121. The van der Waals surface area contributed by atoms with E-state index in [1.54, 1.807) is 0 Å². The summed E-state index contributed by atoms with van der Waals surface area (Å²) in [6, 6.07) is 17.3. The summed E-state index contributed by atoms with van der Waals surface area (Å²) in [7, 11) is 0.